The summed E-state index contributed by atoms with van der Waals surface area (Å²) in [5.41, 5.74) is 6.57. The van der Waals surface area contributed by atoms with Gasteiger partial charge in [0.05, 0.1) is 4.90 Å². The smallest absolute Gasteiger partial charge is 0.242 e. The van der Waals surface area contributed by atoms with Crippen molar-refractivity contribution in [2.24, 2.45) is 11.7 Å². The van der Waals surface area contributed by atoms with Crippen LogP contribution in [0.25, 0.3) is 0 Å². The standard InChI is InChI=1S/C14H22BrN3O2S/c1-18(2)11-6-7-12(15)14(8-11)21(19,20)17-13-5-3-4-10(13)9-16/h6-8,10,13,17H,3-5,9,16H2,1-2H3. The minimum absolute atomic E-state index is 0.0603. The maximum Gasteiger partial charge on any atom is 0.242 e. The lowest BCUT2D eigenvalue weighted by Crippen LogP contribution is -2.39. The normalized spacial score (nSPS) is 22.5. The highest BCUT2D eigenvalue weighted by atomic mass is 79.9. The highest BCUT2D eigenvalue weighted by Gasteiger charge is 2.31. The second-order valence-corrected chi connectivity index (χ2v) is 8.20. The molecular formula is C14H22BrN3O2S. The molecule has 0 saturated heterocycles. The van der Waals surface area contributed by atoms with Crippen LogP contribution >= 0.6 is 15.9 Å². The van der Waals surface area contributed by atoms with Gasteiger partial charge in [-0.2, -0.15) is 0 Å². The topological polar surface area (TPSA) is 75.4 Å². The Hall–Kier alpha value is -0.630. The first-order chi connectivity index (χ1) is 9.85. The van der Waals surface area contributed by atoms with E-state index in [2.05, 4.69) is 20.7 Å². The second-order valence-electron chi connectivity index (χ2n) is 5.66. The molecule has 2 atom stereocenters. The minimum Gasteiger partial charge on any atom is -0.378 e. The monoisotopic (exact) mass is 375 g/mol. The van der Waals surface area contributed by atoms with Gasteiger partial charge in [0, 0.05) is 30.3 Å². The third-order valence-corrected chi connectivity index (χ3v) is 6.47. The Kier molecular flexibility index (Phi) is 5.29. The Labute approximate surface area is 135 Å². The Morgan fingerprint density at radius 3 is 2.71 bits per heavy atom. The van der Waals surface area contributed by atoms with Gasteiger partial charge in [0.15, 0.2) is 0 Å². The van der Waals surface area contributed by atoms with Gasteiger partial charge in [-0.25, -0.2) is 13.1 Å². The fourth-order valence-electron chi connectivity index (χ4n) is 2.71. The van der Waals surface area contributed by atoms with Crippen molar-refractivity contribution in [2.75, 3.05) is 25.5 Å². The van der Waals surface area contributed by atoms with Crippen LogP contribution in [-0.2, 0) is 10.0 Å². The molecular weight excluding hydrogens is 354 g/mol. The quantitative estimate of drug-likeness (QED) is 0.824. The first kappa shape index (κ1) is 16.7. The number of rotatable bonds is 5. The summed E-state index contributed by atoms with van der Waals surface area (Å²) in [7, 11) is 0.214. The van der Waals surface area contributed by atoms with E-state index in [0.717, 1.165) is 24.9 Å². The molecule has 1 saturated carbocycles. The predicted octanol–water partition coefficient (Wildman–Crippen LogP) is 1.92. The summed E-state index contributed by atoms with van der Waals surface area (Å²) < 4.78 is 28.7. The molecule has 1 aromatic rings. The molecule has 2 rings (SSSR count). The zero-order chi connectivity index (χ0) is 15.6. The third kappa shape index (κ3) is 3.77. The summed E-state index contributed by atoms with van der Waals surface area (Å²) in [6, 6.07) is 5.26. The lowest BCUT2D eigenvalue weighted by Gasteiger charge is -2.21. The molecule has 0 radical (unpaired) electrons. The third-order valence-electron chi connectivity index (χ3n) is 3.99. The molecule has 0 spiro atoms. The van der Waals surface area contributed by atoms with Crippen LogP contribution in [0.4, 0.5) is 5.69 Å². The lowest BCUT2D eigenvalue weighted by atomic mass is 10.1. The molecule has 0 aliphatic heterocycles. The molecule has 0 aromatic heterocycles. The number of nitrogens with one attached hydrogen (secondary N) is 1. The van der Waals surface area contributed by atoms with Gasteiger partial charge in [0.1, 0.15) is 0 Å². The summed E-state index contributed by atoms with van der Waals surface area (Å²) in [5, 5.41) is 0. The number of sulfonamides is 1. The molecule has 21 heavy (non-hydrogen) atoms. The van der Waals surface area contributed by atoms with Crippen molar-refractivity contribution in [3.05, 3.63) is 22.7 Å². The molecule has 5 nitrogen and oxygen atoms in total. The van der Waals surface area contributed by atoms with Gasteiger partial charge >= 0.3 is 0 Å². The molecule has 1 aromatic carbocycles. The number of anilines is 1. The van der Waals surface area contributed by atoms with Gasteiger partial charge < -0.3 is 10.6 Å². The Morgan fingerprint density at radius 2 is 2.10 bits per heavy atom. The summed E-state index contributed by atoms with van der Waals surface area (Å²) in [6.45, 7) is 0.520. The maximum absolute atomic E-state index is 12.6. The number of hydrogen-bond acceptors (Lipinski definition) is 4. The molecule has 118 valence electrons. The van der Waals surface area contributed by atoms with Crippen LogP contribution in [0, 0.1) is 5.92 Å². The molecule has 0 bridgehead atoms. The summed E-state index contributed by atoms with van der Waals surface area (Å²) in [6.07, 6.45) is 2.86. The average molecular weight is 376 g/mol. The van der Waals surface area contributed by atoms with Crippen molar-refractivity contribution in [3.63, 3.8) is 0 Å². The van der Waals surface area contributed by atoms with E-state index in [4.69, 9.17) is 5.73 Å². The van der Waals surface area contributed by atoms with Crippen LogP contribution < -0.4 is 15.4 Å². The maximum atomic E-state index is 12.6. The number of hydrogen-bond donors (Lipinski definition) is 2. The van der Waals surface area contributed by atoms with Gasteiger partial charge in [-0.05, 0) is 59.4 Å². The number of benzene rings is 1. The van der Waals surface area contributed by atoms with Crippen LogP contribution in [0.1, 0.15) is 19.3 Å². The van der Waals surface area contributed by atoms with Crippen LogP contribution in [0.5, 0.6) is 0 Å². The number of nitrogens with zero attached hydrogens (tertiary/aromatic N) is 1. The fourth-order valence-corrected chi connectivity index (χ4v) is 5.04. The van der Waals surface area contributed by atoms with Crippen LogP contribution in [0.2, 0.25) is 0 Å². The van der Waals surface area contributed by atoms with Crippen LogP contribution in [-0.4, -0.2) is 35.1 Å². The van der Waals surface area contributed by atoms with E-state index in [1.165, 1.54) is 0 Å². The Balaban J connectivity index is 2.29. The Morgan fingerprint density at radius 1 is 1.38 bits per heavy atom. The SMILES string of the molecule is CN(C)c1ccc(Br)c(S(=O)(=O)NC2CCCC2CN)c1. The van der Waals surface area contributed by atoms with E-state index in [1.54, 1.807) is 12.1 Å². The van der Waals surface area contributed by atoms with Gasteiger partial charge in [-0.1, -0.05) is 6.42 Å². The molecule has 3 N–H and O–H groups in total. The van der Waals surface area contributed by atoms with E-state index in [-0.39, 0.29) is 16.9 Å². The van der Waals surface area contributed by atoms with E-state index in [9.17, 15) is 8.42 Å². The lowest BCUT2D eigenvalue weighted by molar-refractivity contribution is 0.453. The molecule has 2 unspecified atom stereocenters. The second kappa shape index (κ2) is 6.64. The van der Waals surface area contributed by atoms with E-state index >= 15 is 0 Å². The largest absolute Gasteiger partial charge is 0.378 e. The summed E-state index contributed by atoms with van der Waals surface area (Å²) >= 11 is 3.33. The van der Waals surface area contributed by atoms with E-state index in [1.807, 2.05) is 25.1 Å². The molecule has 0 amide bonds. The zero-order valence-corrected chi connectivity index (χ0v) is 14.7. The van der Waals surface area contributed by atoms with Crippen molar-refractivity contribution in [1.29, 1.82) is 0 Å². The van der Waals surface area contributed by atoms with E-state index < -0.39 is 10.0 Å². The fraction of sp³-hybridized carbons (Fsp3) is 0.571. The van der Waals surface area contributed by atoms with Gasteiger partial charge in [-0.3, -0.25) is 0 Å². The summed E-state index contributed by atoms with van der Waals surface area (Å²) in [4.78, 5) is 2.15. The van der Waals surface area contributed by atoms with Gasteiger partial charge in [-0.15, -0.1) is 0 Å². The highest BCUT2D eigenvalue weighted by Crippen LogP contribution is 2.30. The highest BCUT2D eigenvalue weighted by molar-refractivity contribution is 9.10. The number of halogens is 1. The minimum atomic E-state index is -3.55. The molecule has 1 aliphatic rings. The first-order valence-electron chi connectivity index (χ1n) is 7.04. The number of nitrogens with two attached hydrogens (primary N) is 1. The van der Waals surface area contributed by atoms with Crippen molar-refractivity contribution in [1.82, 2.24) is 4.72 Å². The summed E-state index contributed by atoms with van der Waals surface area (Å²) in [5.74, 6) is 0.232. The van der Waals surface area contributed by atoms with Gasteiger partial charge in [0.2, 0.25) is 10.0 Å². The molecule has 0 heterocycles. The van der Waals surface area contributed by atoms with Crippen molar-refractivity contribution < 1.29 is 8.42 Å². The molecule has 1 aliphatic carbocycles. The van der Waals surface area contributed by atoms with Crippen LogP contribution in [0.15, 0.2) is 27.6 Å². The van der Waals surface area contributed by atoms with Crippen molar-refractivity contribution in [2.45, 2.75) is 30.2 Å². The molecule has 1 fully saturated rings. The predicted molar refractivity (Wildman–Crippen MR) is 89.0 cm³/mol. The van der Waals surface area contributed by atoms with E-state index in [0.29, 0.717) is 11.0 Å². The molecule has 7 heteroatoms. The average Bonchev–Trinajstić information content (AvgIpc) is 2.85. The van der Waals surface area contributed by atoms with Crippen molar-refractivity contribution >= 4 is 31.6 Å². The van der Waals surface area contributed by atoms with Gasteiger partial charge in [0.25, 0.3) is 0 Å². The van der Waals surface area contributed by atoms with Crippen molar-refractivity contribution in [3.8, 4) is 0 Å². The Bertz CT molecular complexity index is 604. The first-order valence-corrected chi connectivity index (χ1v) is 9.32. The zero-order valence-electron chi connectivity index (χ0n) is 12.3. The van der Waals surface area contributed by atoms with Crippen LogP contribution in [0.3, 0.4) is 0 Å².